The van der Waals surface area contributed by atoms with Gasteiger partial charge in [0.05, 0.1) is 5.69 Å². The van der Waals surface area contributed by atoms with Gasteiger partial charge in [0.2, 0.25) is 5.91 Å². The molecular weight excluding hydrogens is 457 g/mol. The number of carbonyl (C=O) groups excluding carboxylic acids is 3. The van der Waals surface area contributed by atoms with E-state index in [0.717, 1.165) is 10.5 Å². The van der Waals surface area contributed by atoms with E-state index in [-0.39, 0.29) is 5.69 Å². The quantitative estimate of drug-likeness (QED) is 0.439. The molecule has 1 saturated carbocycles. The summed E-state index contributed by atoms with van der Waals surface area (Å²) in [5.74, 6) is -1.69. The standard InChI is InChI=1S/C29H28FN3O3/c1-17-8-15-24(23(30)16-17)31-27(34)26(18(2)19-6-4-3-5-7-19)33-28(35)25(32-29(33)36)22-13-11-21(12-14-22)20-9-10-20/h3-8,11-16,18,20,25-26H,9-10H2,1-2H3,(H,31,34)(H,32,36). The number of benzene rings is 3. The van der Waals surface area contributed by atoms with E-state index in [1.54, 1.807) is 19.9 Å². The highest BCUT2D eigenvalue weighted by atomic mass is 19.1. The van der Waals surface area contributed by atoms with Gasteiger partial charge in [-0.25, -0.2) is 14.1 Å². The van der Waals surface area contributed by atoms with Crippen molar-refractivity contribution in [3.05, 3.63) is 101 Å². The number of nitrogens with one attached hydrogen (secondary N) is 2. The summed E-state index contributed by atoms with van der Waals surface area (Å²) < 4.78 is 14.5. The number of anilines is 1. The zero-order chi connectivity index (χ0) is 25.4. The molecule has 1 saturated heterocycles. The molecule has 3 unspecified atom stereocenters. The summed E-state index contributed by atoms with van der Waals surface area (Å²) >= 11 is 0. The Kier molecular flexibility index (Phi) is 6.31. The van der Waals surface area contributed by atoms with Crippen molar-refractivity contribution in [3.8, 4) is 0 Å². The number of carbonyl (C=O) groups is 3. The maximum absolute atomic E-state index is 14.5. The van der Waals surface area contributed by atoms with Gasteiger partial charge in [-0.3, -0.25) is 9.59 Å². The zero-order valence-electron chi connectivity index (χ0n) is 20.2. The molecule has 0 spiro atoms. The highest BCUT2D eigenvalue weighted by Crippen LogP contribution is 2.40. The molecule has 3 aromatic carbocycles. The second kappa shape index (κ2) is 9.57. The Bertz CT molecular complexity index is 1310. The van der Waals surface area contributed by atoms with Crippen molar-refractivity contribution in [1.29, 1.82) is 0 Å². The first-order chi connectivity index (χ1) is 17.3. The molecule has 3 aromatic rings. The van der Waals surface area contributed by atoms with Crippen molar-refractivity contribution in [2.75, 3.05) is 5.32 Å². The Morgan fingerprint density at radius 1 is 1.00 bits per heavy atom. The Hall–Kier alpha value is -4.00. The third-order valence-corrected chi connectivity index (χ3v) is 7.02. The van der Waals surface area contributed by atoms with Crippen LogP contribution in [0.15, 0.2) is 72.8 Å². The van der Waals surface area contributed by atoms with Crippen LogP contribution in [0.5, 0.6) is 0 Å². The first-order valence-electron chi connectivity index (χ1n) is 12.2. The number of urea groups is 1. The van der Waals surface area contributed by atoms with Crippen LogP contribution in [-0.4, -0.2) is 28.8 Å². The van der Waals surface area contributed by atoms with Crippen LogP contribution in [0.3, 0.4) is 0 Å². The van der Waals surface area contributed by atoms with Crippen LogP contribution in [0.4, 0.5) is 14.9 Å². The third kappa shape index (κ3) is 4.61. The number of rotatable bonds is 7. The normalized spacial score (nSPS) is 19.1. The van der Waals surface area contributed by atoms with E-state index in [1.165, 1.54) is 30.5 Å². The molecular formula is C29H28FN3O3. The third-order valence-electron chi connectivity index (χ3n) is 7.02. The Morgan fingerprint density at radius 3 is 2.31 bits per heavy atom. The van der Waals surface area contributed by atoms with Crippen LogP contribution in [-0.2, 0) is 9.59 Å². The Balaban J connectivity index is 1.46. The van der Waals surface area contributed by atoms with Crippen molar-refractivity contribution in [2.45, 2.75) is 50.6 Å². The molecule has 2 N–H and O–H groups in total. The summed E-state index contributed by atoms with van der Waals surface area (Å²) in [6.45, 7) is 3.53. The summed E-state index contributed by atoms with van der Waals surface area (Å²) in [7, 11) is 0. The van der Waals surface area contributed by atoms with Gasteiger partial charge in [-0.05, 0) is 60.1 Å². The van der Waals surface area contributed by atoms with E-state index < -0.39 is 41.7 Å². The number of halogens is 1. The monoisotopic (exact) mass is 485 g/mol. The molecule has 7 heteroatoms. The molecule has 36 heavy (non-hydrogen) atoms. The van der Waals surface area contributed by atoms with Gasteiger partial charge in [-0.1, -0.05) is 67.6 Å². The minimum Gasteiger partial charge on any atom is -0.322 e. The summed E-state index contributed by atoms with van der Waals surface area (Å²) in [6.07, 6.45) is 2.34. The largest absolute Gasteiger partial charge is 0.325 e. The molecule has 184 valence electrons. The summed E-state index contributed by atoms with van der Waals surface area (Å²) in [6, 6.07) is 18.6. The lowest BCUT2D eigenvalue weighted by Gasteiger charge is -2.30. The van der Waals surface area contributed by atoms with Crippen LogP contribution >= 0.6 is 0 Å². The van der Waals surface area contributed by atoms with Crippen LogP contribution in [0.25, 0.3) is 0 Å². The van der Waals surface area contributed by atoms with E-state index in [2.05, 4.69) is 10.6 Å². The topological polar surface area (TPSA) is 78.5 Å². The van der Waals surface area contributed by atoms with Gasteiger partial charge < -0.3 is 10.6 Å². The first kappa shape index (κ1) is 23.7. The van der Waals surface area contributed by atoms with E-state index in [4.69, 9.17) is 0 Å². The fourth-order valence-corrected chi connectivity index (χ4v) is 4.80. The lowest BCUT2D eigenvalue weighted by molar-refractivity contribution is -0.134. The van der Waals surface area contributed by atoms with E-state index >= 15 is 0 Å². The molecule has 0 radical (unpaired) electrons. The molecule has 5 rings (SSSR count). The molecule has 2 aliphatic rings. The van der Waals surface area contributed by atoms with Crippen LogP contribution in [0.1, 0.15) is 59.9 Å². The predicted molar refractivity (Wildman–Crippen MR) is 135 cm³/mol. The number of nitrogens with zero attached hydrogens (tertiary/aromatic N) is 1. The molecule has 2 fully saturated rings. The van der Waals surface area contributed by atoms with Gasteiger partial charge in [0, 0.05) is 5.92 Å². The van der Waals surface area contributed by atoms with Gasteiger partial charge in [0.15, 0.2) is 0 Å². The molecule has 1 aliphatic heterocycles. The molecule has 3 atom stereocenters. The first-order valence-corrected chi connectivity index (χ1v) is 12.2. The second-order valence-electron chi connectivity index (χ2n) is 9.65. The second-order valence-corrected chi connectivity index (χ2v) is 9.65. The Labute approximate surface area is 209 Å². The smallest absolute Gasteiger partial charge is 0.322 e. The molecule has 0 bridgehead atoms. The van der Waals surface area contributed by atoms with Crippen LogP contribution < -0.4 is 10.6 Å². The van der Waals surface area contributed by atoms with Crippen molar-refractivity contribution in [1.82, 2.24) is 10.2 Å². The molecule has 1 aliphatic carbocycles. The number of hydrogen-bond acceptors (Lipinski definition) is 3. The van der Waals surface area contributed by atoms with Gasteiger partial charge in [0.25, 0.3) is 5.91 Å². The summed E-state index contributed by atoms with van der Waals surface area (Å²) in [5, 5.41) is 5.34. The van der Waals surface area contributed by atoms with Crippen molar-refractivity contribution in [2.24, 2.45) is 0 Å². The maximum Gasteiger partial charge on any atom is 0.325 e. The SMILES string of the molecule is Cc1ccc(NC(=O)C(C(C)c2ccccc2)N2C(=O)NC(c3ccc(C4CC4)cc3)C2=O)c(F)c1. The average Bonchev–Trinajstić information content (AvgIpc) is 3.68. The molecule has 4 amide bonds. The highest BCUT2D eigenvalue weighted by Gasteiger charge is 2.47. The maximum atomic E-state index is 14.5. The van der Waals surface area contributed by atoms with Crippen LogP contribution in [0.2, 0.25) is 0 Å². The van der Waals surface area contributed by atoms with Gasteiger partial charge in [-0.2, -0.15) is 0 Å². The van der Waals surface area contributed by atoms with E-state index in [1.807, 2.05) is 54.6 Å². The fraction of sp³-hybridized carbons (Fsp3) is 0.276. The summed E-state index contributed by atoms with van der Waals surface area (Å²) in [4.78, 5) is 41.3. The lowest BCUT2D eigenvalue weighted by Crippen LogP contribution is -2.50. The van der Waals surface area contributed by atoms with Crippen molar-refractivity contribution >= 4 is 23.5 Å². The zero-order valence-corrected chi connectivity index (χ0v) is 20.2. The molecule has 6 nitrogen and oxygen atoms in total. The Morgan fingerprint density at radius 2 is 1.67 bits per heavy atom. The fourth-order valence-electron chi connectivity index (χ4n) is 4.80. The molecule has 1 heterocycles. The van der Waals surface area contributed by atoms with E-state index in [0.29, 0.717) is 17.0 Å². The number of amides is 4. The van der Waals surface area contributed by atoms with Crippen LogP contribution in [0, 0.1) is 12.7 Å². The number of hydrogen-bond donors (Lipinski definition) is 2. The predicted octanol–water partition coefficient (Wildman–Crippen LogP) is 5.42. The minimum absolute atomic E-state index is 0.00451. The van der Waals surface area contributed by atoms with Gasteiger partial charge in [0.1, 0.15) is 17.9 Å². The lowest BCUT2D eigenvalue weighted by atomic mass is 9.91. The van der Waals surface area contributed by atoms with Crippen molar-refractivity contribution < 1.29 is 18.8 Å². The average molecular weight is 486 g/mol. The van der Waals surface area contributed by atoms with Crippen molar-refractivity contribution in [3.63, 3.8) is 0 Å². The van der Waals surface area contributed by atoms with E-state index in [9.17, 15) is 18.8 Å². The number of imide groups is 1. The summed E-state index contributed by atoms with van der Waals surface area (Å²) in [5.41, 5.74) is 3.37. The molecule has 0 aromatic heterocycles. The minimum atomic E-state index is -1.18. The van der Waals surface area contributed by atoms with Gasteiger partial charge in [-0.15, -0.1) is 0 Å². The highest BCUT2D eigenvalue weighted by molar-refractivity contribution is 6.10. The van der Waals surface area contributed by atoms with Gasteiger partial charge >= 0.3 is 6.03 Å². The number of aryl methyl sites for hydroxylation is 1.